The molecule has 0 bridgehead atoms. The molecule has 0 spiro atoms. The summed E-state index contributed by atoms with van der Waals surface area (Å²) in [6.45, 7) is 6.51. The number of aromatic nitrogens is 1. The van der Waals surface area contributed by atoms with Crippen molar-refractivity contribution in [3.05, 3.63) is 76.5 Å². The van der Waals surface area contributed by atoms with Crippen LogP contribution in [0.25, 0.3) is 21.8 Å². The molecular weight excluding hydrogens is 481 g/mol. The largest absolute Gasteiger partial charge is 0.497 e. The van der Waals surface area contributed by atoms with Crippen LogP contribution < -0.4 is 9.47 Å². The van der Waals surface area contributed by atoms with Crippen molar-refractivity contribution in [1.82, 2.24) is 5.16 Å². The minimum Gasteiger partial charge on any atom is -0.497 e. The maximum absolute atomic E-state index is 14.9. The molecule has 0 saturated heterocycles. The van der Waals surface area contributed by atoms with E-state index in [1.807, 2.05) is 24.3 Å². The lowest BCUT2D eigenvalue weighted by atomic mass is 9.95. The van der Waals surface area contributed by atoms with Crippen LogP contribution in [0.4, 0.5) is 4.39 Å². The predicted molar refractivity (Wildman–Crippen MR) is 137 cm³/mol. The second-order valence-electron chi connectivity index (χ2n) is 9.42. The molecule has 4 aromatic rings. The van der Waals surface area contributed by atoms with Gasteiger partial charge in [-0.15, -0.1) is 11.3 Å². The standard InChI is InChI=1S/C28H28FNO5S/c1-28(2,3)24-12-11-23(36-24)26-22(16-34-19-7-5-6-17(14-19)8-13-25(31)32)30-35-27(26)20-15-18(33-4)9-10-21(20)29/h5-7,9-12,14-15H,8,13,16H2,1-4H3,(H,31,32). The van der Waals surface area contributed by atoms with Crippen LogP contribution in [-0.4, -0.2) is 23.3 Å². The molecule has 0 aliphatic heterocycles. The van der Waals surface area contributed by atoms with Crippen molar-refractivity contribution >= 4 is 17.3 Å². The van der Waals surface area contributed by atoms with Crippen LogP contribution in [0.2, 0.25) is 0 Å². The highest BCUT2D eigenvalue weighted by Crippen LogP contribution is 2.43. The van der Waals surface area contributed by atoms with Crippen LogP contribution in [0, 0.1) is 5.82 Å². The molecule has 2 aromatic heterocycles. The van der Waals surface area contributed by atoms with Crippen molar-refractivity contribution in [2.24, 2.45) is 0 Å². The van der Waals surface area contributed by atoms with E-state index in [-0.39, 0.29) is 24.0 Å². The summed E-state index contributed by atoms with van der Waals surface area (Å²) in [6.07, 6.45) is 0.451. The van der Waals surface area contributed by atoms with Gasteiger partial charge in [-0.05, 0) is 59.9 Å². The average molecular weight is 510 g/mol. The van der Waals surface area contributed by atoms with Crippen LogP contribution in [0.1, 0.15) is 43.3 Å². The summed E-state index contributed by atoms with van der Waals surface area (Å²) in [5.74, 6) is 0.104. The number of halogens is 1. The van der Waals surface area contributed by atoms with Crippen molar-refractivity contribution in [2.75, 3.05) is 7.11 Å². The number of hydrogen-bond acceptors (Lipinski definition) is 6. The summed E-state index contributed by atoms with van der Waals surface area (Å²) < 4.78 is 31.9. The number of thiophene rings is 1. The zero-order valence-electron chi connectivity index (χ0n) is 20.6. The Kier molecular flexibility index (Phi) is 7.45. The SMILES string of the molecule is COc1ccc(F)c(-c2onc(COc3cccc(CCC(=O)O)c3)c2-c2ccc(C(C)(C)C)s2)c1. The molecule has 188 valence electrons. The first-order valence-electron chi connectivity index (χ1n) is 11.5. The number of aryl methyl sites for hydroxylation is 1. The third-order valence-electron chi connectivity index (χ3n) is 5.67. The number of ether oxygens (including phenoxy) is 2. The summed E-state index contributed by atoms with van der Waals surface area (Å²) in [5.41, 5.74) is 2.27. The fraction of sp³-hybridized carbons (Fsp3) is 0.286. The number of benzene rings is 2. The van der Waals surface area contributed by atoms with Crippen molar-refractivity contribution < 1.29 is 28.3 Å². The van der Waals surface area contributed by atoms with Gasteiger partial charge in [0.2, 0.25) is 0 Å². The molecule has 1 N–H and O–H groups in total. The third kappa shape index (κ3) is 5.76. The zero-order valence-corrected chi connectivity index (χ0v) is 21.4. The Morgan fingerprint density at radius 2 is 1.92 bits per heavy atom. The van der Waals surface area contributed by atoms with E-state index in [4.69, 9.17) is 19.1 Å². The van der Waals surface area contributed by atoms with E-state index in [2.05, 4.69) is 32.0 Å². The summed E-state index contributed by atoms with van der Waals surface area (Å²) >= 11 is 1.60. The molecule has 0 saturated carbocycles. The number of carboxylic acids is 1. The number of carbonyl (C=O) groups is 1. The number of nitrogens with zero attached hydrogens (tertiary/aromatic N) is 1. The summed E-state index contributed by atoms with van der Waals surface area (Å²) in [5, 5.41) is 13.2. The monoisotopic (exact) mass is 509 g/mol. The molecule has 0 amide bonds. The summed E-state index contributed by atoms with van der Waals surface area (Å²) in [7, 11) is 1.52. The molecule has 0 aliphatic rings. The van der Waals surface area contributed by atoms with Gasteiger partial charge >= 0.3 is 5.97 Å². The van der Waals surface area contributed by atoms with Crippen molar-refractivity contribution in [3.8, 4) is 33.3 Å². The van der Waals surface area contributed by atoms with Crippen LogP contribution >= 0.6 is 11.3 Å². The average Bonchev–Trinajstić information content (AvgIpc) is 3.49. The molecule has 2 heterocycles. The number of rotatable bonds is 9. The van der Waals surface area contributed by atoms with Crippen molar-refractivity contribution in [2.45, 2.75) is 45.6 Å². The van der Waals surface area contributed by atoms with Gasteiger partial charge in [-0.1, -0.05) is 38.1 Å². The normalized spacial score (nSPS) is 11.5. The Bertz CT molecular complexity index is 1370. The van der Waals surface area contributed by atoms with Gasteiger partial charge in [-0.3, -0.25) is 4.79 Å². The van der Waals surface area contributed by atoms with Gasteiger partial charge in [0.1, 0.15) is 29.6 Å². The number of hydrogen-bond donors (Lipinski definition) is 1. The molecule has 36 heavy (non-hydrogen) atoms. The molecule has 0 unspecified atom stereocenters. The van der Waals surface area contributed by atoms with Gasteiger partial charge in [0.05, 0.1) is 18.2 Å². The highest BCUT2D eigenvalue weighted by atomic mass is 32.1. The molecule has 0 fully saturated rings. The summed E-state index contributed by atoms with van der Waals surface area (Å²) in [6, 6.07) is 15.8. The second-order valence-corrected chi connectivity index (χ2v) is 10.5. The van der Waals surface area contributed by atoms with Crippen LogP contribution in [0.5, 0.6) is 11.5 Å². The maximum Gasteiger partial charge on any atom is 0.303 e. The first-order chi connectivity index (χ1) is 17.2. The van der Waals surface area contributed by atoms with Crippen LogP contribution in [-0.2, 0) is 23.2 Å². The molecule has 0 aliphatic carbocycles. The first-order valence-corrected chi connectivity index (χ1v) is 12.3. The fourth-order valence-corrected chi connectivity index (χ4v) is 4.86. The van der Waals surface area contributed by atoms with E-state index < -0.39 is 11.8 Å². The molecule has 4 rings (SSSR count). The molecular formula is C28H28FNO5S. The Morgan fingerprint density at radius 1 is 1.11 bits per heavy atom. The Labute approximate surface area is 213 Å². The van der Waals surface area contributed by atoms with Crippen molar-refractivity contribution in [1.29, 1.82) is 0 Å². The van der Waals surface area contributed by atoms with Gasteiger partial charge in [-0.25, -0.2) is 4.39 Å². The molecule has 0 radical (unpaired) electrons. The van der Waals surface area contributed by atoms with Gasteiger partial charge in [0, 0.05) is 16.2 Å². The minimum atomic E-state index is -0.851. The van der Waals surface area contributed by atoms with E-state index in [1.54, 1.807) is 29.5 Å². The van der Waals surface area contributed by atoms with E-state index in [1.165, 1.54) is 18.1 Å². The van der Waals surface area contributed by atoms with Gasteiger partial charge in [-0.2, -0.15) is 0 Å². The first kappa shape index (κ1) is 25.4. The third-order valence-corrected chi connectivity index (χ3v) is 7.20. The fourth-order valence-electron chi connectivity index (χ4n) is 3.73. The van der Waals surface area contributed by atoms with Gasteiger partial charge < -0.3 is 19.1 Å². The number of carboxylic acid groups (broad SMARTS) is 1. The van der Waals surface area contributed by atoms with E-state index >= 15 is 0 Å². The van der Waals surface area contributed by atoms with Crippen molar-refractivity contribution in [3.63, 3.8) is 0 Å². The molecule has 6 nitrogen and oxygen atoms in total. The van der Waals surface area contributed by atoms with Crippen LogP contribution in [0.3, 0.4) is 0 Å². The van der Waals surface area contributed by atoms with Gasteiger partial charge in [0.25, 0.3) is 0 Å². The number of methoxy groups -OCH3 is 1. The molecule has 0 atom stereocenters. The van der Waals surface area contributed by atoms with E-state index in [0.717, 1.165) is 10.4 Å². The Hall–Kier alpha value is -3.65. The van der Waals surface area contributed by atoms with Crippen LogP contribution in [0.15, 0.2) is 59.1 Å². The smallest absolute Gasteiger partial charge is 0.303 e. The Balaban J connectivity index is 1.70. The minimum absolute atomic E-state index is 0.0425. The Morgan fingerprint density at radius 3 is 2.61 bits per heavy atom. The quantitative estimate of drug-likeness (QED) is 0.259. The zero-order chi connectivity index (χ0) is 25.9. The highest BCUT2D eigenvalue weighted by Gasteiger charge is 2.26. The van der Waals surface area contributed by atoms with E-state index in [9.17, 15) is 9.18 Å². The predicted octanol–water partition coefficient (Wildman–Crippen LogP) is 7.11. The topological polar surface area (TPSA) is 81.8 Å². The maximum atomic E-state index is 14.9. The van der Waals surface area contributed by atoms with Gasteiger partial charge in [0.15, 0.2) is 5.76 Å². The molecule has 2 aromatic carbocycles. The second kappa shape index (κ2) is 10.5. The highest BCUT2D eigenvalue weighted by molar-refractivity contribution is 7.15. The van der Waals surface area contributed by atoms with E-state index in [0.29, 0.717) is 34.9 Å². The molecule has 8 heteroatoms. The number of aliphatic carboxylic acids is 1. The lowest BCUT2D eigenvalue weighted by molar-refractivity contribution is -0.136. The lowest BCUT2D eigenvalue weighted by Crippen LogP contribution is -2.07. The summed E-state index contributed by atoms with van der Waals surface area (Å²) in [4.78, 5) is 13.0. The lowest BCUT2D eigenvalue weighted by Gasteiger charge is -2.15.